The number of imidazole rings is 1. The SMILES string of the molecule is O=C(NNc1ncnc(NCCCn2ccnc2)c1[N+](=O)[O-])c1ccccc1[N+](=O)[O-]. The minimum Gasteiger partial charge on any atom is -0.364 e. The second-order valence-electron chi connectivity index (χ2n) is 6.11. The van der Waals surface area contributed by atoms with Crippen molar-refractivity contribution in [3.63, 3.8) is 0 Å². The Morgan fingerprint density at radius 3 is 2.58 bits per heavy atom. The topological polar surface area (TPSA) is 183 Å². The van der Waals surface area contributed by atoms with Gasteiger partial charge >= 0.3 is 5.69 Å². The lowest BCUT2D eigenvalue weighted by atomic mass is 10.2. The molecule has 0 saturated heterocycles. The lowest BCUT2D eigenvalue weighted by Gasteiger charge is -2.11. The number of carbonyl (C=O) groups is 1. The highest BCUT2D eigenvalue weighted by atomic mass is 16.6. The summed E-state index contributed by atoms with van der Waals surface area (Å²) in [5.41, 5.74) is 3.44. The highest BCUT2D eigenvalue weighted by molar-refractivity contribution is 5.98. The van der Waals surface area contributed by atoms with Crippen LogP contribution in [0.1, 0.15) is 16.8 Å². The Balaban J connectivity index is 1.68. The molecule has 1 amide bonds. The van der Waals surface area contributed by atoms with Crippen molar-refractivity contribution in [1.82, 2.24) is 24.9 Å². The number of hydrazine groups is 1. The molecule has 0 atom stereocenters. The maximum atomic E-state index is 12.3. The predicted molar refractivity (Wildman–Crippen MR) is 108 cm³/mol. The molecular formula is C17H17N9O5. The van der Waals surface area contributed by atoms with Gasteiger partial charge in [0, 0.05) is 31.5 Å². The fourth-order valence-corrected chi connectivity index (χ4v) is 2.67. The van der Waals surface area contributed by atoms with Crippen LogP contribution in [-0.2, 0) is 6.54 Å². The van der Waals surface area contributed by atoms with Gasteiger partial charge in [0.2, 0.25) is 11.6 Å². The second kappa shape index (κ2) is 9.73. The highest BCUT2D eigenvalue weighted by Crippen LogP contribution is 2.28. The summed E-state index contributed by atoms with van der Waals surface area (Å²) in [6.45, 7) is 1.04. The van der Waals surface area contributed by atoms with E-state index in [-0.39, 0.29) is 17.2 Å². The molecule has 3 rings (SSSR count). The fourth-order valence-electron chi connectivity index (χ4n) is 2.67. The first kappa shape index (κ1) is 21.1. The Hall–Kier alpha value is -4.62. The number of nitro benzene ring substituents is 1. The zero-order valence-corrected chi connectivity index (χ0v) is 16.0. The molecule has 2 aromatic heterocycles. The van der Waals surface area contributed by atoms with Gasteiger partial charge in [-0.25, -0.2) is 15.0 Å². The predicted octanol–water partition coefficient (Wildman–Crippen LogP) is 1.75. The molecule has 2 heterocycles. The van der Waals surface area contributed by atoms with E-state index in [1.807, 2.05) is 4.57 Å². The molecule has 3 aromatic rings. The summed E-state index contributed by atoms with van der Waals surface area (Å²) in [6, 6.07) is 5.31. The zero-order valence-electron chi connectivity index (χ0n) is 16.0. The van der Waals surface area contributed by atoms with Crippen molar-refractivity contribution in [3.05, 3.63) is 75.1 Å². The third kappa shape index (κ3) is 5.26. The van der Waals surface area contributed by atoms with Crippen LogP contribution >= 0.6 is 0 Å². The van der Waals surface area contributed by atoms with Gasteiger partial charge in [-0.2, -0.15) is 0 Å². The van der Waals surface area contributed by atoms with Crippen LogP contribution in [0.3, 0.4) is 0 Å². The summed E-state index contributed by atoms with van der Waals surface area (Å²) in [7, 11) is 0. The van der Waals surface area contributed by atoms with Crippen LogP contribution < -0.4 is 16.2 Å². The van der Waals surface area contributed by atoms with Gasteiger partial charge in [-0.3, -0.25) is 35.9 Å². The second-order valence-corrected chi connectivity index (χ2v) is 6.11. The molecule has 0 unspecified atom stereocenters. The number of aryl methyl sites for hydroxylation is 1. The lowest BCUT2D eigenvalue weighted by molar-refractivity contribution is -0.385. The molecule has 0 aliphatic rings. The molecule has 0 spiro atoms. The Labute approximate surface area is 174 Å². The van der Waals surface area contributed by atoms with Gasteiger partial charge in [0.25, 0.3) is 11.6 Å². The minimum atomic E-state index is -0.852. The number of amides is 1. The van der Waals surface area contributed by atoms with Gasteiger partial charge in [0.05, 0.1) is 16.2 Å². The Bertz CT molecular complexity index is 1090. The van der Waals surface area contributed by atoms with Crippen molar-refractivity contribution in [1.29, 1.82) is 0 Å². The quantitative estimate of drug-likeness (QED) is 0.245. The van der Waals surface area contributed by atoms with E-state index >= 15 is 0 Å². The first-order valence-corrected chi connectivity index (χ1v) is 8.96. The van der Waals surface area contributed by atoms with Crippen LogP contribution in [0.5, 0.6) is 0 Å². The lowest BCUT2D eigenvalue weighted by Crippen LogP contribution is -2.31. The first-order chi connectivity index (χ1) is 15.0. The number of para-hydroxylation sites is 1. The van der Waals surface area contributed by atoms with Crippen LogP contribution in [-0.4, -0.2) is 41.8 Å². The van der Waals surface area contributed by atoms with E-state index in [4.69, 9.17) is 0 Å². The van der Waals surface area contributed by atoms with Crippen LogP contribution in [0, 0.1) is 20.2 Å². The molecule has 0 bridgehead atoms. The Morgan fingerprint density at radius 1 is 1.10 bits per heavy atom. The summed E-state index contributed by atoms with van der Waals surface area (Å²) >= 11 is 0. The summed E-state index contributed by atoms with van der Waals surface area (Å²) in [5.74, 6) is -1.16. The number of nitro groups is 2. The molecule has 3 N–H and O–H groups in total. The number of nitrogens with zero attached hydrogens (tertiary/aromatic N) is 6. The summed E-state index contributed by atoms with van der Waals surface area (Å²) in [6.07, 6.45) is 6.85. The van der Waals surface area contributed by atoms with Crippen molar-refractivity contribution in [2.24, 2.45) is 0 Å². The average Bonchev–Trinajstić information content (AvgIpc) is 3.28. The molecule has 0 aliphatic heterocycles. The van der Waals surface area contributed by atoms with Gasteiger partial charge in [-0.1, -0.05) is 12.1 Å². The van der Waals surface area contributed by atoms with Crippen molar-refractivity contribution in [2.45, 2.75) is 13.0 Å². The zero-order chi connectivity index (χ0) is 22.2. The van der Waals surface area contributed by atoms with Crippen molar-refractivity contribution in [2.75, 3.05) is 17.3 Å². The summed E-state index contributed by atoms with van der Waals surface area (Å²) in [5, 5.41) is 25.5. The first-order valence-electron chi connectivity index (χ1n) is 8.96. The fraction of sp³-hybridized carbons (Fsp3) is 0.176. The molecule has 1 aromatic carbocycles. The van der Waals surface area contributed by atoms with Gasteiger partial charge in [0.1, 0.15) is 11.9 Å². The average molecular weight is 427 g/mol. The van der Waals surface area contributed by atoms with E-state index in [1.165, 1.54) is 24.3 Å². The van der Waals surface area contributed by atoms with Crippen molar-refractivity contribution < 1.29 is 14.6 Å². The number of hydrogen-bond donors (Lipinski definition) is 3. The van der Waals surface area contributed by atoms with E-state index in [0.717, 1.165) is 6.33 Å². The number of rotatable bonds is 10. The number of carbonyl (C=O) groups excluding carboxylic acids is 1. The molecule has 0 saturated carbocycles. The highest BCUT2D eigenvalue weighted by Gasteiger charge is 2.24. The molecular weight excluding hydrogens is 410 g/mol. The van der Waals surface area contributed by atoms with E-state index in [0.29, 0.717) is 19.5 Å². The van der Waals surface area contributed by atoms with Crippen LogP contribution in [0.15, 0.2) is 49.3 Å². The Kier molecular flexibility index (Phi) is 6.62. The van der Waals surface area contributed by atoms with E-state index in [9.17, 15) is 25.0 Å². The van der Waals surface area contributed by atoms with E-state index in [1.54, 1.807) is 18.7 Å². The number of benzene rings is 1. The molecule has 160 valence electrons. The number of aromatic nitrogens is 4. The normalized spacial score (nSPS) is 10.3. The molecule has 0 fully saturated rings. The van der Waals surface area contributed by atoms with E-state index < -0.39 is 27.1 Å². The monoisotopic (exact) mass is 427 g/mol. The van der Waals surface area contributed by atoms with Crippen LogP contribution in [0.25, 0.3) is 0 Å². The van der Waals surface area contributed by atoms with Crippen molar-refractivity contribution in [3.8, 4) is 0 Å². The largest absolute Gasteiger partial charge is 0.364 e. The summed E-state index contributed by atoms with van der Waals surface area (Å²) in [4.78, 5) is 45.2. The molecule has 0 aliphatic carbocycles. The standard InChI is InChI=1S/C17H17N9O5/c27-17(12-4-1-2-5-13(12)25(28)29)23-22-16-14(26(30)31)15(20-10-21-16)19-6-3-8-24-9-7-18-11-24/h1-2,4-5,7,9-11H,3,6,8H2,(H,23,27)(H2,19,20,21,22). The number of hydrogen-bond acceptors (Lipinski definition) is 10. The van der Waals surface area contributed by atoms with Crippen molar-refractivity contribution >= 4 is 28.9 Å². The van der Waals surface area contributed by atoms with Gasteiger partial charge in [-0.05, 0) is 12.5 Å². The third-order valence-electron chi connectivity index (χ3n) is 4.09. The molecule has 14 heteroatoms. The van der Waals surface area contributed by atoms with Crippen LogP contribution in [0.4, 0.5) is 23.0 Å². The number of anilines is 2. The summed E-state index contributed by atoms with van der Waals surface area (Å²) < 4.78 is 1.86. The van der Waals surface area contributed by atoms with E-state index in [2.05, 4.69) is 31.1 Å². The van der Waals surface area contributed by atoms with Gasteiger partial charge < -0.3 is 9.88 Å². The minimum absolute atomic E-state index is 0.0342. The molecule has 31 heavy (non-hydrogen) atoms. The number of nitrogens with one attached hydrogen (secondary N) is 3. The maximum absolute atomic E-state index is 12.3. The molecule has 0 radical (unpaired) electrons. The Morgan fingerprint density at radius 2 is 1.87 bits per heavy atom. The molecule has 14 nitrogen and oxygen atoms in total. The van der Waals surface area contributed by atoms with Crippen LogP contribution in [0.2, 0.25) is 0 Å². The van der Waals surface area contributed by atoms with Gasteiger partial charge in [0.15, 0.2) is 0 Å². The van der Waals surface area contributed by atoms with Gasteiger partial charge in [-0.15, -0.1) is 0 Å². The third-order valence-corrected chi connectivity index (χ3v) is 4.09. The smallest absolute Gasteiger partial charge is 0.354 e. The maximum Gasteiger partial charge on any atom is 0.354 e.